The SMILES string of the molecule is CC(C)(C)OC(=O)NN1C(=S)NCc2ccccc21. The quantitative estimate of drug-likeness (QED) is 0.773. The number of ether oxygens (including phenoxy) is 1. The van der Waals surface area contributed by atoms with E-state index in [2.05, 4.69) is 10.7 Å². The number of amides is 1. The molecule has 0 aromatic heterocycles. The van der Waals surface area contributed by atoms with Crippen molar-refractivity contribution in [2.45, 2.75) is 32.9 Å². The van der Waals surface area contributed by atoms with Gasteiger partial charge in [-0.05, 0) is 44.6 Å². The molecule has 1 aliphatic rings. The molecule has 2 N–H and O–H groups in total. The van der Waals surface area contributed by atoms with E-state index < -0.39 is 11.7 Å². The monoisotopic (exact) mass is 279 g/mol. The van der Waals surface area contributed by atoms with Crippen molar-refractivity contribution in [3.05, 3.63) is 29.8 Å². The number of thiocarbonyl (C=S) groups is 1. The van der Waals surface area contributed by atoms with Crippen LogP contribution >= 0.6 is 12.2 Å². The van der Waals surface area contributed by atoms with Crippen molar-refractivity contribution in [3.8, 4) is 0 Å². The fraction of sp³-hybridized carbons (Fsp3) is 0.385. The highest BCUT2D eigenvalue weighted by Gasteiger charge is 2.24. The van der Waals surface area contributed by atoms with Crippen molar-refractivity contribution in [1.29, 1.82) is 0 Å². The Hall–Kier alpha value is -1.82. The Morgan fingerprint density at radius 3 is 2.79 bits per heavy atom. The molecule has 1 amide bonds. The standard InChI is InChI=1S/C13H17N3O2S/c1-13(2,3)18-12(17)15-16-10-7-5-4-6-9(10)8-14-11(16)19/h4-7H,8H2,1-3H3,(H,14,19)(H,15,17). The van der Waals surface area contributed by atoms with Crippen LogP contribution in [0.2, 0.25) is 0 Å². The summed E-state index contributed by atoms with van der Waals surface area (Å²) in [7, 11) is 0. The molecule has 1 aromatic carbocycles. The van der Waals surface area contributed by atoms with Gasteiger partial charge in [-0.25, -0.2) is 15.2 Å². The number of benzene rings is 1. The number of hydrogen-bond acceptors (Lipinski definition) is 3. The minimum absolute atomic E-state index is 0.449. The Kier molecular flexibility index (Phi) is 3.61. The van der Waals surface area contributed by atoms with Gasteiger partial charge in [0.25, 0.3) is 0 Å². The Balaban J connectivity index is 2.16. The summed E-state index contributed by atoms with van der Waals surface area (Å²) < 4.78 is 5.22. The fourth-order valence-corrected chi connectivity index (χ4v) is 1.96. The first-order valence-corrected chi connectivity index (χ1v) is 6.43. The van der Waals surface area contributed by atoms with Crippen molar-refractivity contribution in [1.82, 2.24) is 10.7 Å². The molecular formula is C13H17N3O2S. The number of carbonyl (C=O) groups is 1. The molecule has 6 heteroatoms. The molecule has 1 aromatic rings. The second-order valence-corrected chi connectivity index (χ2v) is 5.62. The second kappa shape index (κ2) is 5.05. The van der Waals surface area contributed by atoms with Crippen molar-refractivity contribution in [3.63, 3.8) is 0 Å². The molecule has 0 spiro atoms. The van der Waals surface area contributed by atoms with Gasteiger partial charge in [-0.3, -0.25) is 0 Å². The molecular weight excluding hydrogens is 262 g/mol. The maximum atomic E-state index is 11.8. The number of anilines is 1. The number of hydrogen-bond donors (Lipinski definition) is 2. The van der Waals surface area contributed by atoms with E-state index in [1.165, 1.54) is 5.01 Å². The van der Waals surface area contributed by atoms with E-state index in [0.29, 0.717) is 11.7 Å². The number of rotatable bonds is 1. The highest BCUT2D eigenvalue weighted by Crippen LogP contribution is 2.22. The number of para-hydroxylation sites is 1. The van der Waals surface area contributed by atoms with Crippen molar-refractivity contribution in [2.75, 3.05) is 5.01 Å². The first-order valence-electron chi connectivity index (χ1n) is 6.02. The summed E-state index contributed by atoms with van der Waals surface area (Å²) in [6.45, 7) is 6.09. The average Bonchev–Trinajstić information content (AvgIpc) is 2.31. The van der Waals surface area contributed by atoms with E-state index >= 15 is 0 Å². The Morgan fingerprint density at radius 1 is 1.42 bits per heavy atom. The molecule has 19 heavy (non-hydrogen) atoms. The third kappa shape index (κ3) is 3.35. The summed E-state index contributed by atoms with van der Waals surface area (Å²) in [5, 5.41) is 5.02. The van der Waals surface area contributed by atoms with Crippen LogP contribution in [0.4, 0.5) is 10.5 Å². The van der Waals surface area contributed by atoms with E-state index in [1.54, 1.807) is 0 Å². The minimum atomic E-state index is -0.547. The van der Waals surface area contributed by atoms with Crippen LogP contribution in [0, 0.1) is 0 Å². The smallest absolute Gasteiger partial charge is 0.427 e. The maximum absolute atomic E-state index is 11.8. The van der Waals surface area contributed by atoms with E-state index in [9.17, 15) is 4.79 Å². The summed E-state index contributed by atoms with van der Waals surface area (Å²) in [4.78, 5) is 11.8. The molecule has 0 saturated carbocycles. The van der Waals surface area contributed by atoms with Crippen LogP contribution in [0.3, 0.4) is 0 Å². The number of fused-ring (bicyclic) bond motifs is 1. The lowest BCUT2D eigenvalue weighted by molar-refractivity contribution is 0.0529. The largest absolute Gasteiger partial charge is 0.443 e. The van der Waals surface area contributed by atoms with Crippen LogP contribution in [0.25, 0.3) is 0 Å². The lowest BCUT2D eigenvalue weighted by atomic mass is 10.1. The maximum Gasteiger partial charge on any atom is 0.427 e. The first-order chi connectivity index (χ1) is 8.87. The van der Waals surface area contributed by atoms with Gasteiger partial charge in [0.2, 0.25) is 0 Å². The van der Waals surface area contributed by atoms with E-state index in [1.807, 2.05) is 45.0 Å². The topological polar surface area (TPSA) is 53.6 Å². The molecule has 5 nitrogen and oxygen atoms in total. The van der Waals surface area contributed by atoms with Crippen molar-refractivity contribution in [2.24, 2.45) is 0 Å². The number of nitrogens with zero attached hydrogens (tertiary/aromatic N) is 1. The normalized spacial score (nSPS) is 14.5. The molecule has 1 heterocycles. The van der Waals surface area contributed by atoms with Gasteiger partial charge < -0.3 is 10.1 Å². The highest BCUT2D eigenvalue weighted by atomic mass is 32.1. The molecule has 102 valence electrons. The highest BCUT2D eigenvalue weighted by molar-refractivity contribution is 7.80. The summed E-state index contributed by atoms with van der Waals surface area (Å²) in [6.07, 6.45) is -0.534. The molecule has 0 radical (unpaired) electrons. The van der Waals surface area contributed by atoms with Crippen LogP contribution in [0.5, 0.6) is 0 Å². The molecule has 0 bridgehead atoms. The average molecular weight is 279 g/mol. The van der Waals surface area contributed by atoms with Crippen LogP contribution in [0.15, 0.2) is 24.3 Å². The van der Waals surface area contributed by atoms with Gasteiger partial charge in [0.1, 0.15) is 5.60 Å². The van der Waals surface area contributed by atoms with E-state index in [0.717, 1.165) is 11.3 Å². The predicted molar refractivity (Wildman–Crippen MR) is 77.7 cm³/mol. The van der Waals surface area contributed by atoms with Gasteiger partial charge in [0.05, 0.1) is 5.69 Å². The van der Waals surface area contributed by atoms with Gasteiger partial charge in [-0.2, -0.15) is 0 Å². The van der Waals surface area contributed by atoms with Crippen LogP contribution < -0.4 is 15.8 Å². The van der Waals surface area contributed by atoms with E-state index in [4.69, 9.17) is 17.0 Å². The van der Waals surface area contributed by atoms with Crippen LogP contribution in [0.1, 0.15) is 26.3 Å². The molecule has 1 aliphatic heterocycles. The lowest BCUT2D eigenvalue weighted by Gasteiger charge is -2.32. The Bertz CT molecular complexity index is 511. The van der Waals surface area contributed by atoms with E-state index in [-0.39, 0.29) is 0 Å². The predicted octanol–water partition coefficient (Wildman–Crippen LogP) is 2.32. The van der Waals surface area contributed by atoms with Crippen LogP contribution in [-0.2, 0) is 11.3 Å². The fourth-order valence-electron chi connectivity index (χ4n) is 1.74. The molecule has 0 aliphatic carbocycles. The molecule has 0 saturated heterocycles. The summed E-state index contributed by atoms with van der Waals surface area (Å²) in [5.74, 6) is 0. The van der Waals surface area contributed by atoms with Crippen molar-refractivity contribution >= 4 is 29.1 Å². The third-order valence-electron chi connectivity index (χ3n) is 2.47. The lowest BCUT2D eigenvalue weighted by Crippen LogP contribution is -2.54. The zero-order valence-electron chi connectivity index (χ0n) is 11.2. The second-order valence-electron chi connectivity index (χ2n) is 5.24. The van der Waals surface area contributed by atoms with Gasteiger partial charge in [0.15, 0.2) is 5.11 Å². The Labute approximate surface area is 117 Å². The number of nitrogens with one attached hydrogen (secondary N) is 2. The summed E-state index contributed by atoms with van der Waals surface area (Å²) in [5.41, 5.74) is 4.02. The van der Waals surface area contributed by atoms with Crippen LogP contribution in [-0.4, -0.2) is 16.8 Å². The van der Waals surface area contributed by atoms with Gasteiger partial charge >= 0.3 is 6.09 Å². The first kappa shape index (κ1) is 13.6. The summed E-state index contributed by atoms with van der Waals surface area (Å²) >= 11 is 5.21. The zero-order valence-corrected chi connectivity index (χ0v) is 12.0. The molecule has 2 rings (SSSR count). The van der Waals surface area contributed by atoms with Crippen molar-refractivity contribution < 1.29 is 9.53 Å². The number of hydrazine groups is 1. The Morgan fingerprint density at radius 2 is 2.11 bits per heavy atom. The van der Waals surface area contributed by atoms with Gasteiger partial charge in [-0.15, -0.1) is 0 Å². The van der Waals surface area contributed by atoms with Gasteiger partial charge in [-0.1, -0.05) is 18.2 Å². The number of carbonyl (C=O) groups excluding carboxylic acids is 1. The van der Waals surface area contributed by atoms with Gasteiger partial charge in [0, 0.05) is 6.54 Å². The third-order valence-corrected chi connectivity index (χ3v) is 2.79. The minimum Gasteiger partial charge on any atom is -0.443 e. The zero-order chi connectivity index (χ0) is 14.0. The molecule has 0 fully saturated rings. The molecule has 0 atom stereocenters. The molecule has 0 unspecified atom stereocenters. The summed E-state index contributed by atoms with van der Waals surface area (Å²) in [6, 6.07) is 7.73.